The molecule has 0 bridgehead atoms. The molecular formula is C24H28N4OS. The van der Waals surface area contributed by atoms with Gasteiger partial charge in [-0.25, -0.2) is 0 Å². The van der Waals surface area contributed by atoms with Crippen LogP contribution in [0.4, 0.5) is 5.69 Å². The van der Waals surface area contributed by atoms with Crippen LogP contribution in [0.25, 0.3) is 0 Å². The van der Waals surface area contributed by atoms with E-state index < -0.39 is 0 Å². The first-order valence-corrected chi connectivity index (χ1v) is 11.6. The van der Waals surface area contributed by atoms with E-state index in [4.69, 9.17) is 0 Å². The monoisotopic (exact) mass is 420 g/mol. The van der Waals surface area contributed by atoms with Gasteiger partial charge in [0.2, 0.25) is 5.91 Å². The molecule has 1 aromatic heterocycles. The van der Waals surface area contributed by atoms with Crippen molar-refractivity contribution in [3.63, 3.8) is 0 Å². The van der Waals surface area contributed by atoms with Crippen molar-refractivity contribution in [2.24, 2.45) is 0 Å². The lowest BCUT2D eigenvalue weighted by atomic mass is 9.93. The van der Waals surface area contributed by atoms with E-state index in [-0.39, 0.29) is 11.9 Å². The molecule has 0 radical (unpaired) electrons. The van der Waals surface area contributed by atoms with E-state index in [2.05, 4.69) is 26.9 Å². The largest absolute Gasteiger partial charge is 0.309 e. The molecule has 2 aromatic carbocycles. The third kappa shape index (κ3) is 4.93. The molecule has 6 heteroatoms. The molecule has 156 valence electrons. The number of hydrogen-bond donors (Lipinski definition) is 0. The highest BCUT2D eigenvalue weighted by Crippen LogP contribution is 2.29. The van der Waals surface area contributed by atoms with Crippen LogP contribution in [0.1, 0.15) is 43.5 Å². The number of anilines is 1. The van der Waals surface area contributed by atoms with E-state index in [1.165, 1.54) is 36.6 Å². The third-order valence-corrected chi connectivity index (χ3v) is 6.60. The highest BCUT2D eigenvalue weighted by Gasteiger charge is 2.27. The molecule has 0 saturated heterocycles. The Labute approximate surface area is 182 Å². The van der Waals surface area contributed by atoms with Gasteiger partial charge in [0.05, 0.1) is 12.3 Å². The summed E-state index contributed by atoms with van der Waals surface area (Å²) in [5.74, 6) is 1.37. The maximum atomic E-state index is 13.3. The first-order chi connectivity index (χ1) is 14.7. The second kappa shape index (κ2) is 9.94. The summed E-state index contributed by atoms with van der Waals surface area (Å²) in [6, 6.07) is 20.7. The Balaban J connectivity index is 1.49. The minimum absolute atomic E-state index is 0.144. The summed E-state index contributed by atoms with van der Waals surface area (Å²) in [7, 11) is 0. The van der Waals surface area contributed by atoms with Gasteiger partial charge in [-0.15, -0.1) is 10.2 Å². The summed E-state index contributed by atoms with van der Waals surface area (Å²) >= 11 is 1.48. The molecule has 1 aliphatic rings. The van der Waals surface area contributed by atoms with Gasteiger partial charge in [0.1, 0.15) is 5.82 Å². The van der Waals surface area contributed by atoms with Crippen molar-refractivity contribution in [2.45, 2.75) is 56.8 Å². The van der Waals surface area contributed by atoms with Crippen LogP contribution in [-0.2, 0) is 11.3 Å². The van der Waals surface area contributed by atoms with Crippen LogP contribution in [-0.4, -0.2) is 32.5 Å². The quantitative estimate of drug-likeness (QED) is 0.500. The van der Waals surface area contributed by atoms with Crippen LogP contribution in [0.3, 0.4) is 0 Å². The molecule has 1 aliphatic carbocycles. The molecule has 1 saturated carbocycles. The standard InChI is InChI=1S/C24H28N4OS/c1-19-25-26-24(27(19)17-20-11-5-2-6-12-20)30-18-23(29)28(21-13-7-3-8-14-21)22-15-9-4-10-16-22/h2-3,5-8,11-14,22H,4,9-10,15-18H2,1H3. The fraction of sp³-hybridized carbons (Fsp3) is 0.375. The van der Waals surface area contributed by atoms with Crippen molar-refractivity contribution in [3.8, 4) is 0 Å². The van der Waals surface area contributed by atoms with Gasteiger partial charge in [0, 0.05) is 11.7 Å². The number of hydrogen-bond acceptors (Lipinski definition) is 4. The number of nitrogens with zero attached hydrogens (tertiary/aromatic N) is 4. The molecule has 0 spiro atoms. The van der Waals surface area contributed by atoms with Gasteiger partial charge in [-0.2, -0.15) is 0 Å². The maximum Gasteiger partial charge on any atom is 0.237 e. The van der Waals surface area contributed by atoms with Gasteiger partial charge >= 0.3 is 0 Å². The molecule has 30 heavy (non-hydrogen) atoms. The Kier molecular flexibility index (Phi) is 6.84. The van der Waals surface area contributed by atoms with Crippen LogP contribution >= 0.6 is 11.8 Å². The molecule has 0 atom stereocenters. The zero-order valence-corrected chi connectivity index (χ0v) is 18.2. The zero-order valence-electron chi connectivity index (χ0n) is 17.4. The number of benzene rings is 2. The van der Waals surface area contributed by atoms with Gasteiger partial charge in [0.25, 0.3) is 0 Å². The second-order valence-electron chi connectivity index (χ2n) is 7.78. The number of rotatable bonds is 7. The smallest absolute Gasteiger partial charge is 0.237 e. The number of aryl methyl sites for hydroxylation is 1. The number of amides is 1. The number of carbonyl (C=O) groups excluding carboxylic acids is 1. The van der Waals surface area contributed by atoms with E-state index in [1.807, 2.05) is 60.4 Å². The number of aromatic nitrogens is 3. The average molecular weight is 421 g/mol. The lowest BCUT2D eigenvalue weighted by Crippen LogP contribution is -2.42. The summed E-state index contributed by atoms with van der Waals surface area (Å²) in [5.41, 5.74) is 2.19. The predicted octanol–water partition coefficient (Wildman–Crippen LogP) is 5.09. The second-order valence-corrected chi connectivity index (χ2v) is 8.72. The molecule has 1 amide bonds. The molecule has 3 aromatic rings. The zero-order chi connectivity index (χ0) is 20.8. The average Bonchev–Trinajstić information content (AvgIpc) is 3.14. The van der Waals surface area contributed by atoms with Crippen molar-refractivity contribution in [1.82, 2.24) is 14.8 Å². The fourth-order valence-corrected chi connectivity index (χ4v) is 4.94. The van der Waals surface area contributed by atoms with Gasteiger partial charge in [-0.05, 0) is 37.5 Å². The molecule has 1 fully saturated rings. The van der Waals surface area contributed by atoms with E-state index in [0.717, 1.165) is 29.5 Å². The predicted molar refractivity (Wildman–Crippen MR) is 122 cm³/mol. The SMILES string of the molecule is Cc1nnc(SCC(=O)N(c2ccccc2)C2CCCCC2)n1Cc1ccccc1. The van der Waals surface area contributed by atoms with Crippen molar-refractivity contribution in [3.05, 3.63) is 72.1 Å². The van der Waals surface area contributed by atoms with Gasteiger partial charge in [0.15, 0.2) is 5.16 Å². The molecular weight excluding hydrogens is 392 g/mol. The minimum atomic E-state index is 0.144. The highest BCUT2D eigenvalue weighted by molar-refractivity contribution is 7.99. The van der Waals surface area contributed by atoms with E-state index in [0.29, 0.717) is 12.3 Å². The summed E-state index contributed by atoms with van der Waals surface area (Å²) in [6.07, 6.45) is 5.81. The molecule has 0 aliphatic heterocycles. The molecule has 0 N–H and O–H groups in total. The van der Waals surface area contributed by atoms with Crippen LogP contribution in [0, 0.1) is 6.92 Å². The summed E-state index contributed by atoms with van der Waals surface area (Å²) in [6.45, 7) is 2.67. The van der Waals surface area contributed by atoms with E-state index >= 15 is 0 Å². The van der Waals surface area contributed by atoms with Crippen molar-refractivity contribution in [1.29, 1.82) is 0 Å². The Morgan fingerprint density at radius 2 is 1.67 bits per heavy atom. The number of para-hydroxylation sites is 1. The maximum absolute atomic E-state index is 13.3. The van der Waals surface area contributed by atoms with Gasteiger partial charge < -0.3 is 9.47 Å². The minimum Gasteiger partial charge on any atom is -0.309 e. The van der Waals surface area contributed by atoms with Gasteiger partial charge in [-0.1, -0.05) is 79.6 Å². The Hall–Kier alpha value is -2.60. The highest BCUT2D eigenvalue weighted by atomic mass is 32.2. The Morgan fingerprint density at radius 3 is 2.37 bits per heavy atom. The Morgan fingerprint density at radius 1 is 1.00 bits per heavy atom. The molecule has 0 unspecified atom stereocenters. The number of thioether (sulfide) groups is 1. The van der Waals surface area contributed by atoms with Crippen molar-refractivity contribution < 1.29 is 4.79 Å². The van der Waals surface area contributed by atoms with Crippen LogP contribution in [0.5, 0.6) is 0 Å². The fourth-order valence-electron chi connectivity index (χ4n) is 4.10. The summed E-state index contributed by atoms with van der Waals surface area (Å²) < 4.78 is 2.08. The van der Waals surface area contributed by atoms with Gasteiger partial charge in [-0.3, -0.25) is 4.79 Å². The first-order valence-electron chi connectivity index (χ1n) is 10.7. The Bertz CT molecular complexity index is 952. The lowest BCUT2D eigenvalue weighted by molar-refractivity contribution is -0.116. The van der Waals surface area contributed by atoms with E-state index in [9.17, 15) is 4.79 Å². The van der Waals surface area contributed by atoms with Crippen LogP contribution < -0.4 is 4.90 Å². The van der Waals surface area contributed by atoms with E-state index in [1.54, 1.807) is 0 Å². The summed E-state index contributed by atoms with van der Waals surface area (Å²) in [4.78, 5) is 15.4. The van der Waals surface area contributed by atoms with Crippen molar-refractivity contribution in [2.75, 3.05) is 10.7 Å². The van der Waals surface area contributed by atoms with Crippen LogP contribution in [0.2, 0.25) is 0 Å². The molecule has 4 rings (SSSR count). The summed E-state index contributed by atoms with van der Waals surface area (Å²) in [5, 5.41) is 9.38. The molecule has 1 heterocycles. The van der Waals surface area contributed by atoms with Crippen molar-refractivity contribution >= 4 is 23.4 Å². The topological polar surface area (TPSA) is 51.0 Å². The lowest BCUT2D eigenvalue weighted by Gasteiger charge is -2.34. The number of carbonyl (C=O) groups is 1. The first kappa shape index (κ1) is 20.7. The molecule has 5 nitrogen and oxygen atoms in total. The third-order valence-electron chi connectivity index (χ3n) is 5.65. The van der Waals surface area contributed by atoms with Crippen LogP contribution in [0.15, 0.2) is 65.8 Å². The normalized spacial score (nSPS) is 14.6.